The van der Waals surface area contributed by atoms with Gasteiger partial charge in [0.15, 0.2) is 0 Å². The summed E-state index contributed by atoms with van der Waals surface area (Å²) in [5.74, 6) is 1.46. The number of hydrogen-bond donors (Lipinski definition) is 0. The third-order valence-electron chi connectivity index (χ3n) is 14.9. The molecule has 5 nitrogen and oxygen atoms in total. The molecule has 0 saturated heterocycles. The molecular formula is C71H69N4OPt-3. The summed E-state index contributed by atoms with van der Waals surface area (Å²) in [6, 6.07) is 66.5. The Kier molecular flexibility index (Phi) is 12.8. The van der Waals surface area contributed by atoms with Gasteiger partial charge in [0, 0.05) is 71.0 Å². The molecule has 0 radical (unpaired) electrons. The van der Waals surface area contributed by atoms with Crippen molar-refractivity contribution in [2.45, 2.75) is 112 Å². The molecule has 0 atom stereocenters. The Balaban J connectivity index is 0.00000720. The number of ether oxygens (including phenoxy) is 1. The summed E-state index contributed by atoms with van der Waals surface area (Å²) < 4.78 is 35.4. The first kappa shape index (κ1) is 49.4. The molecule has 77 heavy (non-hydrogen) atoms. The summed E-state index contributed by atoms with van der Waals surface area (Å²) in [7, 11) is 0. The fourth-order valence-corrected chi connectivity index (χ4v) is 10.3. The molecule has 0 bridgehead atoms. The van der Waals surface area contributed by atoms with Crippen LogP contribution < -0.4 is 14.5 Å². The van der Waals surface area contributed by atoms with Crippen molar-refractivity contribution in [3.63, 3.8) is 0 Å². The van der Waals surface area contributed by atoms with E-state index in [4.69, 9.17) is 13.8 Å². The van der Waals surface area contributed by atoms with Gasteiger partial charge in [0.05, 0.1) is 0 Å². The van der Waals surface area contributed by atoms with Gasteiger partial charge in [0.25, 0.3) is 0 Å². The molecule has 0 N–H and O–H groups in total. The Bertz CT molecular complexity index is 3930. The van der Waals surface area contributed by atoms with Crippen LogP contribution in [0, 0.1) is 25.7 Å². The van der Waals surface area contributed by atoms with Crippen molar-refractivity contribution in [2.24, 2.45) is 0 Å². The molecule has 8 aromatic carbocycles. The Morgan fingerprint density at radius 1 is 0.481 bits per heavy atom. The summed E-state index contributed by atoms with van der Waals surface area (Å²) in [4.78, 5) is 9.58. The van der Waals surface area contributed by atoms with Gasteiger partial charge in [-0.2, -0.15) is 12.1 Å². The van der Waals surface area contributed by atoms with Gasteiger partial charge in [-0.1, -0.05) is 192 Å². The maximum absolute atomic E-state index is 8.87. The molecule has 0 aliphatic carbocycles. The topological polar surface area (TPSA) is 33.5 Å². The van der Waals surface area contributed by atoms with Crippen molar-refractivity contribution in [1.82, 2.24) is 9.55 Å². The molecule has 6 heteroatoms. The molecule has 1 aliphatic heterocycles. The van der Waals surface area contributed by atoms with Gasteiger partial charge in [0.2, 0.25) is 0 Å². The summed E-state index contributed by atoms with van der Waals surface area (Å²) >= 11 is 0. The van der Waals surface area contributed by atoms with Crippen molar-refractivity contribution in [3.05, 3.63) is 223 Å². The van der Waals surface area contributed by atoms with Crippen molar-refractivity contribution in [1.29, 1.82) is 0 Å². The maximum Gasteiger partial charge on any atom is 0.135 e. The van der Waals surface area contributed by atoms with Gasteiger partial charge in [0.1, 0.15) is 5.82 Å². The quantitative estimate of drug-likeness (QED) is 0.142. The van der Waals surface area contributed by atoms with Crippen molar-refractivity contribution in [3.8, 4) is 50.7 Å². The fourth-order valence-electron chi connectivity index (χ4n) is 10.3. The average Bonchev–Trinajstić information content (AvgIpc) is 4.06. The number of benzene rings is 8. The molecule has 11 rings (SSSR count). The van der Waals surface area contributed by atoms with Crippen LogP contribution in [0.4, 0.5) is 22.7 Å². The molecule has 1 aliphatic rings. The van der Waals surface area contributed by atoms with E-state index < -0.39 is 6.85 Å². The van der Waals surface area contributed by atoms with Crippen LogP contribution >= 0.6 is 0 Å². The van der Waals surface area contributed by atoms with E-state index in [2.05, 4.69) is 245 Å². The second kappa shape index (κ2) is 20.0. The second-order valence-electron chi connectivity index (χ2n) is 24.6. The molecule has 3 heterocycles. The van der Waals surface area contributed by atoms with E-state index >= 15 is 0 Å². The molecule has 2 aromatic heterocycles. The first-order valence-corrected chi connectivity index (χ1v) is 26.5. The van der Waals surface area contributed by atoms with Crippen LogP contribution in [0.15, 0.2) is 176 Å². The van der Waals surface area contributed by atoms with E-state index in [1.807, 2.05) is 34.9 Å². The van der Waals surface area contributed by atoms with E-state index in [9.17, 15) is 0 Å². The zero-order chi connectivity index (χ0) is 56.0. The SMILES string of the molecule is [2H]C([2H])([2H])c1cc(-n2c3[c-]c(Oc4[c-]c(N5[CH-]N(c6cc(C(C)(C)C)cc(C(C)(C)C)c6)c6cc(-c7ccccc7)ccc65)ccc4)ccc3c3cc(-c4cccc(C(C)(C)C)c4)ccc32)ncc1-c1cccc(C(C)(C)C)c1.[Pt]. The second-order valence-corrected chi connectivity index (χ2v) is 24.6. The standard InChI is InChI=1S/C71H69N4O.Pt/c1-46-34-67(72-44-62(46)51-23-18-25-53(36-51)69(5,6)7)75-63-32-28-49(48-22-17-24-52(35-48)68(2,3)4)37-61(63)60-31-30-59(43-65(60)75)76-58-27-19-26-56(42-58)73-45-74(57-40-54(70(8,9)10)39-55(41-57)71(11,12)13)66-38-50(29-33-64(66)73)47-20-15-14-16-21-47;/h14-41,44-45H,1-13H3;/q-3;/i1D3;. The maximum atomic E-state index is 8.87. The number of hydrogen-bond acceptors (Lipinski definition) is 4. The first-order chi connectivity index (χ1) is 37.3. The molecule has 392 valence electrons. The first-order valence-electron chi connectivity index (χ1n) is 28.0. The van der Waals surface area contributed by atoms with Gasteiger partial charge < -0.3 is 19.1 Å². The third kappa shape index (κ3) is 10.5. The number of aryl methyl sites for hydroxylation is 1. The van der Waals surface area contributed by atoms with Gasteiger partial charge in [-0.3, -0.25) is 0 Å². The van der Waals surface area contributed by atoms with Crippen molar-refractivity contribution >= 4 is 44.6 Å². The summed E-state index contributed by atoms with van der Waals surface area (Å²) in [6.07, 6.45) is 1.71. The van der Waals surface area contributed by atoms with Gasteiger partial charge >= 0.3 is 0 Å². The number of aromatic nitrogens is 2. The Hall–Kier alpha value is -7.20. The number of nitrogens with zero attached hydrogens (tertiary/aromatic N) is 4. The molecule has 0 saturated carbocycles. The predicted octanol–water partition coefficient (Wildman–Crippen LogP) is 19.5. The minimum Gasteiger partial charge on any atom is -0.509 e. The number of fused-ring (bicyclic) bond motifs is 4. The molecular weight excluding hydrogens is 1120 g/mol. The van der Waals surface area contributed by atoms with Crippen LogP contribution in [0.2, 0.25) is 0 Å². The number of pyridine rings is 1. The Labute approximate surface area is 476 Å². The van der Waals surface area contributed by atoms with Crippen LogP contribution in [-0.4, -0.2) is 9.55 Å². The van der Waals surface area contributed by atoms with Gasteiger partial charge in [-0.25, -0.2) is 4.98 Å². The van der Waals surface area contributed by atoms with Crippen LogP contribution in [-0.2, 0) is 42.7 Å². The number of rotatable bonds is 8. The molecule has 10 aromatic rings. The van der Waals surface area contributed by atoms with Crippen LogP contribution in [0.1, 0.15) is 115 Å². The van der Waals surface area contributed by atoms with Crippen LogP contribution in [0.25, 0.3) is 61.0 Å². The van der Waals surface area contributed by atoms with E-state index in [1.54, 1.807) is 12.3 Å². The Morgan fingerprint density at radius 2 is 1.08 bits per heavy atom. The molecule has 0 spiro atoms. The monoisotopic (exact) mass is 1190 g/mol. The normalized spacial score (nSPS) is 13.8. The minimum atomic E-state index is -2.44. The van der Waals surface area contributed by atoms with Crippen molar-refractivity contribution < 1.29 is 29.9 Å². The summed E-state index contributed by atoms with van der Waals surface area (Å²) in [5.41, 5.74) is 16.2. The van der Waals surface area contributed by atoms with Gasteiger partial charge in [-0.05, 0) is 126 Å². The van der Waals surface area contributed by atoms with E-state index in [0.29, 0.717) is 28.4 Å². The summed E-state index contributed by atoms with van der Waals surface area (Å²) in [5, 5.41) is 1.91. The van der Waals surface area contributed by atoms with E-state index in [0.717, 1.165) is 72.4 Å². The average molecular weight is 1190 g/mol. The van der Waals surface area contributed by atoms with Crippen LogP contribution in [0.5, 0.6) is 11.5 Å². The fraction of sp³-hybridized carbons (Fsp3) is 0.239. The zero-order valence-corrected chi connectivity index (χ0v) is 48.6. The van der Waals surface area contributed by atoms with Crippen molar-refractivity contribution in [2.75, 3.05) is 9.80 Å². The molecule has 0 unspecified atom stereocenters. The minimum absolute atomic E-state index is 0. The smallest absolute Gasteiger partial charge is 0.135 e. The number of anilines is 4. The molecule has 0 fully saturated rings. The largest absolute Gasteiger partial charge is 0.509 e. The third-order valence-corrected chi connectivity index (χ3v) is 14.9. The Morgan fingerprint density at radius 3 is 1.75 bits per heavy atom. The summed E-state index contributed by atoms with van der Waals surface area (Å²) in [6.45, 7) is 26.6. The van der Waals surface area contributed by atoms with E-state index in [-0.39, 0.29) is 48.3 Å². The molecule has 0 amide bonds. The zero-order valence-electron chi connectivity index (χ0n) is 49.3. The van der Waals surface area contributed by atoms with E-state index in [1.165, 1.54) is 16.7 Å². The van der Waals surface area contributed by atoms with Crippen LogP contribution in [0.3, 0.4) is 0 Å². The predicted molar refractivity (Wildman–Crippen MR) is 320 cm³/mol. The van der Waals surface area contributed by atoms with Gasteiger partial charge in [-0.15, -0.1) is 48.1 Å².